The van der Waals surface area contributed by atoms with Gasteiger partial charge in [0, 0.05) is 24.9 Å². The van der Waals surface area contributed by atoms with Gasteiger partial charge < -0.3 is 10.3 Å². The highest BCUT2D eigenvalue weighted by molar-refractivity contribution is 5.76. The van der Waals surface area contributed by atoms with Crippen molar-refractivity contribution in [2.45, 2.75) is 19.3 Å². The van der Waals surface area contributed by atoms with E-state index in [2.05, 4.69) is 20.5 Å². The van der Waals surface area contributed by atoms with Crippen LogP contribution in [0.4, 0.5) is 4.39 Å². The molecule has 0 saturated heterocycles. The fraction of sp³-hybridized carbons (Fsp3) is 0.200. The molecule has 0 bridgehead atoms. The monoisotopic (exact) mass is 366 g/mol. The fourth-order valence-electron chi connectivity index (χ4n) is 2.60. The van der Waals surface area contributed by atoms with E-state index in [-0.39, 0.29) is 30.3 Å². The van der Waals surface area contributed by atoms with Crippen molar-refractivity contribution >= 4 is 5.91 Å². The van der Waals surface area contributed by atoms with Crippen LogP contribution in [-0.4, -0.2) is 27.6 Å². The van der Waals surface area contributed by atoms with E-state index < -0.39 is 11.4 Å². The molecule has 6 nitrogen and oxygen atoms in total. The van der Waals surface area contributed by atoms with Crippen molar-refractivity contribution < 1.29 is 9.18 Å². The number of benzene rings is 2. The van der Waals surface area contributed by atoms with Crippen molar-refractivity contribution in [1.82, 2.24) is 20.5 Å². The van der Waals surface area contributed by atoms with Crippen LogP contribution in [-0.2, 0) is 17.6 Å². The van der Waals surface area contributed by atoms with Crippen LogP contribution in [0, 0.1) is 5.82 Å². The summed E-state index contributed by atoms with van der Waals surface area (Å²) in [5, 5.41) is 10.6. The molecule has 0 unspecified atom stereocenters. The Hall–Kier alpha value is -3.35. The molecule has 0 aliphatic rings. The maximum atomic E-state index is 13.3. The van der Waals surface area contributed by atoms with Gasteiger partial charge in [0.25, 0.3) is 5.56 Å². The summed E-state index contributed by atoms with van der Waals surface area (Å²) in [5.74, 6) is -0.386. The Morgan fingerprint density at radius 1 is 1.04 bits per heavy atom. The van der Waals surface area contributed by atoms with E-state index in [0.717, 1.165) is 12.0 Å². The van der Waals surface area contributed by atoms with Crippen molar-refractivity contribution in [3.8, 4) is 11.4 Å². The van der Waals surface area contributed by atoms with Crippen molar-refractivity contribution in [3.63, 3.8) is 0 Å². The first-order valence-electron chi connectivity index (χ1n) is 8.64. The Balaban J connectivity index is 1.52. The van der Waals surface area contributed by atoms with Crippen molar-refractivity contribution in [3.05, 3.63) is 82.0 Å². The maximum Gasteiger partial charge on any atom is 0.273 e. The summed E-state index contributed by atoms with van der Waals surface area (Å²) in [7, 11) is 0. The van der Waals surface area contributed by atoms with Gasteiger partial charge in [-0.3, -0.25) is 9.59 Å². The van der Waals surface area contributed by atoms with Gasteiger partial charge in [0.05, 0.1) is 0 Å². The van der Waals surface area contributed by atoms with Gasteiger partial charge >= 0.3 is 0 Å². The number of aromatic nitrogens is 3. The number of carbonyl (C=O) groups is 1. The zero-order valence-electron chi connectivity index (χ0n) is 14.6. The molecule has 1 amide bonds. The molecule has 0 radical (unpaired) electrons. The number of carbonyl (C=O) groups excluding carboxylic acids is 1. The summed E-state index contributed by atoms with van der Waals surface area (Å²) in [5.41, 5.74) is 1.33. The molecule has 0 aliphatic carbocycles. The number of nitrogens with zero attached hydrogens (tertiary/aromatic N) is 2. The van der Waals surface area contributed by atoms with Crippen LogP contribution in [0.15, 0.2) is 59.4 Å². The Labute approximate surface area is 155 Å². The number of hydrogen-bond acceptors (Lipinski definition) is 4. The van der Waals surface area contributed by atoms with Gasteiger partial charge in [0.15, 0.2) is 5.82 Å². The normalized spacial score (nSPS) is 10.6. The van der Waals surface area contributed by atoms with E-state index >= 15 is 0 Å². The van der Waals surface area contributed by atoms with E-state index in [4.69, 9.17) is 0 Å². The maximum absolute atomic E-state index is 13.3. The lowest BCUT2D eigenvalue weighted by Gasteiger charge is -2.05. The lowest BCUT2D eigenvalue weighted by atomic mass is 10.1. The summed E-state index contributed by atoms with van der Waals surface area (Å²) >= 11 is 0. The number of aromatic amines is 1. The summed E-state index contributed by atoms with van der Waals surface area (Å²) in [6.45, 7) is 0.531. The predicted octanol–water partition coefficient (Wildman–Crippen LogP) is 2.26. The average molecular weight is 366 g/mol. The first-order chi connectivity index (χ1) is 13.1. The van der Waals surface area contributed by atoms with Gasteiger partial charge in [0.2, 0.25) is 5.91 Å². The molecule has 2 aromatic carbocycles. The zero-order valence-corrected chi connectivity index (χ0v) is 14.6. The predicted molar refractivity (Wildman–Crippen MR) is 99.5 cm³/mol. The third-order valence-corrected chi connectivity index (χ3v) is 4.03. The van der Waals surface area contributed by atoms with Gasteiger partial charge in [-0.15, -0.1) is 10.2 Å². The number of H-pyrrole nitrogens is 1. The van der Waals surface area contributed by atoms with Gasteiger partial charge in [-0.2, -0.15) is 0 Å². The number of amides is 1. The quantitative estimate of drug-likeness (QED) is 0.671. The number of rotatable bonds is 7. The molecule has 0 atom stereocenters. The number of aryl methyl sites for hydroxylation is 1. The minimum Gasteiger partial charge on any atom is -0.356 e. The van der Waals surface area contributed by atoms with Crippen LogP contribution in [0.1, 0.15) is 17.7 Å². The minimum absolute atomic E-state index is 0.145. The standard InChI is InChI=1S/C20H19FN4O2/c21-16-8-4-7-15(13-16)19-23-20(27)17(24-25-19)9-10-18(26)22-12-11-14-5-2-1-3-6-14/h1-8,13H,9-12H2,(H,22,26)(H,23,25,27). The van der Waals surface area contributed by atoms with Gasteiger partial charge in [-0.25, -0.2) is 4.39 Å². The van der Waals surface area contributed by atoms with E-state index in [0.29, 0.717) is 12.1 Å². The number of nitrogens with one attached hydrogen (secondary N) is 2. The largest absolute Gasteiger partial charge is 0.356 e. The summed E-state index contributed by atoms with van der Waals surface area (Å²) < 4.78 is 13.3. The number of halogens is 1. The molecule has 1 aromatic heterocycles. The highest BCUT2D eigenvalue weighted by Crippen LogP contribution is 2.13. The molecule has 27 heavy (non-hydrogen) atoms. The third-order valence-electron chi connectivity index (χ3n) is 4.03. The highest BCUT2D eigenvalue weighted by atomic mass is 19.1. The molecule has 1 heterocycles. The van der Waals surface area contributed by atoms with Crippen LogP contribution in [0.5, 0.6) is 0 Å². The van der Waals surface area contributed by atoms with E-state index in [9.17, 15) is 14.0 Å². The second-order valence-electron chi connectivity index (χ2n) is 6.05. The minimum atomic E-state index is -0.429. The van der Waals surface area contributed by atoms with Crippen LogP contribution < -0.4 is 10.9 Å². The van der Waals surface area contributed by atoms with Crippen molar-refractivity contribution in [2.24, 2.45) is 0 Å². The molecule has 3 aromatic rings. The third kappa shape index (κ3) is 5.31. The molecule has 0 saturated carbocycles. The topological polar surface area (TPSA) is 87.7 Å². The molecule has 0 spiro atoms. The Bertz CT molecular complexity index is 973. The van der Waals surface area contributed by atoms with E-state index in [1.807, 2.05) is 30.3 Å². The first-order valence-corrected chi connectivity index (χ1v) is 8.64. The number of hydrogen-bond donors (Lipinski definition) is 2. The molecule has 0 aliphatic heterocycles. The lowest BCUT2D eigenvalue weighted by molar-refractivity contribution is -0.121. The molecule has 138 valence electrons. The van der Waals surface area contributed by atoms with Crippen LogP contribution in [0.3, 0.4) is 0 Å². The summed E-state index contributed by atoms with van der Waals surface area (Å²) in [6.07, 6.45) is 1.07. The lowest BCUT2D eigenvalue weighted by Crippen LogP contribution is -2.27. The molecule has 7 heteroatoms. The Kier molecular flexibility index (Phi) is 6.04. The van der Waals surface area contributed by atoms with E-state index in [1.54, 1.807) is 6.07 Å². The Morgan fingerprint density at radius 3 is 2.59 bits per heavy atom. The van der Waals surface area contributed by atoms with Crippen LogP contribution in [0.2, 0.25) is 0 Å². The first kappa shape index (κ1) is 18.4. The summed E-state index contributed by atoms with van der Waals surface area (Å²) in [4.78, 5) is 26.6. The van der Waals surface area contributed by atoms with Crippen molar-refractivity contribution in [1.29, 1.82) is 0 Å². The second kappa shape index (κ2) is 8.84. The van der Waals surface area contributed by atoms with Crippen LogP contribution >= 0.6 is 0 Å². The van der Waals surface area contributed by atoms with E-state index in [1.165, 1.54) is 18.2 Å². The Morgan fingerprint density at radius 2 is 1.85 bits per heavy atom. The second-order valence-corrected chi connectivity index (χ2v) is 6.05. The SMILES string of the molecule is O=C(CCc1nnc(-c2cccc(F)c2)[nH]c1=O)NCCc1ccccc1. The van der Waals surface area contributed by atoms with Crippen LogP contribution in [0.25, 0.3) is 11.4 Å². The molecular weight excluding hydrogens is 347 g/mol. The average Bonchev–Trinajstić information content (AvgIpc) is 2.68. The zero-order chi connectivity index (χ0) is 19.1. The molecular formula is C20H19FN4O2. The van der Waals surface area contributed by atoms with Gasteiger partial charge in [-0.05, 0) is 24.1 Å². The fourth-order valence-corrected chi connectivity index (χ4v) is 2.60. The smallest absolute Gasteiger partial charge is 0.273 e. The highest BCUT2D eigenvalue weighted by Gasteiger charge is 2.10. The van der Waals surface area contributed by atoms with Crippen molar-refractivity contribution in [2.75, 3.05) is 6.54 Å². The van der Waals surface area contributed by atoms with Gasteiger partial charge in [0.1, 0.15) is 11.5 Å². The van der Waals surface area contributed by atoms with Gasteiger partial charge in [-0.1, -0.05) is 42.5 Å². The summed E-state index contributed by atoms with van der Waals surface area (Å²) in [6, 6.07) is 15.6. The molecule has 3 rings (SSSR count). The molecule has 2 N–H and O–H groups in total. The molecule has 0 fully saturated rings.